The van der Waals surface area contributed by atoms with Crippen molar-refractivity contribution in [2.24, 2.45) is 0 Å². The van der Waals surface area contributed by atoms with E-state index in [9.17, 15) is 4.79 Å². The van der Waals surface area contributed by atoms with E-state index in [0.29, 0.717) is 13.2 Å². The molecule has 0 aromatic heterocycles. The molecule has 0 aromatic carbocycles. The van der Waals surface area contributed by atoms with E-state index in [2.05, 4.69) is 6.92 Å². The standard InChI is InChI=1S/C6H10NO2/c1-6(8)7-4-2-3-5-9-7/h1-5H2. The Morgan fingerprint density at radius 2 is 2.33 bits per heavy atom. The van der Waals surface area contributed by atoms with Crippen molar-refractivity contribution in [2.75, 3.05) is 13.2 Å². The van der Waals surface area contributed by atoms with Gasteiger partial charge in [-0.15, -0.1) is 0 Å². The van der Waals surface area contributed by atoms with E-state index >= 15 is 0 Å². The number of hydrogen-bond acceptors (Lipinski definition) is 2. The number of carbonyl (C=O) groups excluding carboxylic acids is 1. The fraction of sp³-hybridized carbons (Fsp3) is 0.667. The van der Waals surface area contributed by atoms with E-state index < -0.39 is 0 Å². The first-order valence-corrected chi connectivity index (χ1v) is 3.07. The summed E-state index contributed by atoms with van der Waals surface area (Å²) in [6.45, 7) is 4.57. The van der Waals surface area contributed by atoms with E-state index in [1.54, 1.807) is 0 Å². The van der Waals surface area contributed by atoms with Crippen molar-refractivity contribution in [1.29, 1.82) is 0 Å². The highest BCUT2D eigenvalue weighted by Crippen LogP contribution is 2.04. The summed E-state index contributed by atoms with van der Waals surface area (Å²) in [7, 11) is 0. The normalized spacial score (nSPS) is 19.9. The number of carbonyl (C=O) groups is 1. The second-order valence-corrected chi connectivity index (χ2v) is 2.04. The Kier molecular flexibility index (Phi) is 2.05. The van der Waals surface area contributed by atoms with Gasteiger partial charge in [-0.25, -0.2) is 5.06 Å². The number of rotatable bonds is 0. The van der Waals surface area contributed by atoms with Crippen molar-refractivity contribution < 1.29 is 9.63 Å². The Hall–Kier alpha value is -0.570. The van der Waals surface area contributed by atoms with Gasteiger partial charge in [0, 0.05) is 13.5 Å². The lowest BCUT2D eigenvalue weighted by Gasteiger charge is -2.24. The Morgan fingerprint density at radius 3 is 2.67 bits per heavy atom. The SMILES string of the molecule is [CH2]C(=O)N1CCCCO1. The van der Waals surface area contributed by atoms with Gasteiger partial charge < -0.3 is 0 Å². The highest BCUT2D eigenvalue weighted by molar-refractivity contribution is 5.79. The van der Waals surface area contributed by atoms with Gasteiger partial charge in [-0.05, 0) is 12.8 Å². The third-order valence-electron chi connectivity index (χ3n) is 1.28. The van der Waals surface area contributed by atoms with Crippen molar-refractivity contribution >= 4 is 5.91 Å². The largest absolute Gasteiger partial charge is 0.273 e. The van der Waals surface area contributed by atoms with Crippen LogP contribution in [0.2, 0.25) is 0 Å². The molecule has 1 rings (SSSR count). The molecule has 3 nitrogen and oxygen atoms in total. The lowest BCUT2D eigenvalue weighted by atomic mass is 10.3. The van der Waals surface area contributed by atoms with Crippen LogP contribution in [0.3, 0.4) is 0 Å². The molecule has 0 unspecified atom stereocenters. The molecule has 1 fully saturated rings. The topological polar surface area (TPSA) is 29.5 Å². The summed E-state index contributed by atoms with van der Waals surface area (Å²) in [6.07, 6.45) is 2.07. The van der Waals surface area contributed by atoms with Crippen LogP contribution >= 0.6 is 0 Å². The summed E-state index contributed by atoms with van der Waals surface area (Å²) < 4.78 is 0. The Balaban J connectivity index is 2.31. The fourth-order valence-electron chi connectivity index (χ4n) is 0.793. The van der Waals surface area contributed by atoms with Crippen LogP contribution in [0.5, 0.6) is 0 Å². The van der Waals surface area contributed by atoms with Gasteiger partial charge in [-0.1, -0.05) is 0 Å². The Bertz CT molecular complexity index is 108. The van der Waals surface area contributed by atoms with Crippen LogP contribution in [-0.4, -0.2) is 24.1 Å². The zero-order valence-electron chi connectivity index (χ0n) is 5.30. The summed E-state index contributed by atoms with van der Waals surface area (Å²) in [5.41, 5.74) is 0. The first-order chi connectivity index (χ1) is 4.30. The molecule has 51 valence electrons. The van der Waals surface area contributed by atoms with E-state index in [1.165, 1.54) is 5.06 Å². The lowest BCUT2D eigenvalue weighted by Crippen LogP contribution is -2.33. The number of hydroxylamine groups is 2. The molecule has 1 heterocycles. The monoisotopic (exact) mass is 128 g/mol. The number of amides is 1. The van der Waals surface area contributed by atoms with Crippen LogP contribution in [0.25, 0.3) is 0 Å². The van der Waals surface area contributed by atoms with E-state index in [0.717, 1.165) is 12.8 Å². The van der Waals surface area contributed by atoms with Gasteiger partial charge >= 0.3 is 0 Å². The summed E-state index contributed by atoms with van der Waals surface area (Å²) in [4.78, 5) is 15.4. The third kappa shape index (κ3) is 1.68. The predicted octanol–water partition coefficient (Wildman–Crippen LogP) is 0.374. The molecule has 0 bridgehead atoms. The van der Waals surface area contributed by atoms with Crippen molar-refractivity contribution in [3.8, 4) is 0 Å². The first kappa shape index (κ1) is 6.55. The minimum Gasteiger partial charge on any atom is -0.273 e. The van der Waals surface area contributed by atoms with Gasteiger partial charge in [0.2, 0.25) is 5.91 Å². The first-order valence-electron chi connectivity index (χ1n) is 3.07. The molecule has 0 saturated carbocycles. The van der Waals surface area contributed by atoms with Gasteiger partial charge in [0.05, 0.1) is 6.61 Å². The maximum atomic E-state index is 10.5. The molecule has 0 N–H and O–H groups in total. The van der Waals surface area contributed by atoms with Crippen LogP contribution < -0.4 is 0 Å². The average Bonchev–Trinajstić information content (AvgIpc) is 1.90. The van der Waals surface area contributed by atoms with Crippen LogP contribution in [0, 0.1) is 6.92 Å². The molecular weight excluding hydrogens is 118 g/mol. The van der Waals surface area contributed by atoms with Crippen molar-refractivity contribution in [1.82, 2.24) is 5.06 Å². The van der Waals surface area contributed by atoms with Crippen molar-refractivity contribution in [3.63, 3.8) is 0 Å². The molecule has 1 aliphatic heterocycles. The van der Waals surface area contributed by atoms with Gasteiger partial charge in [0.1, 0.15) is 0 Å². The maximum Gasteiger partial charge on any atom is 0.246 e. The lowest BCUT2D eigenvalue weighted by molar-refractivity contribution is -0.191. The zero-order chi connectivity index (χ0) is 6.69. The van der Waals surface area contributed by atoms with Crippen LogP contribution in [0.15, 0.2) is 0 Å². The molecule has 1 amide bonds. The predicted molar refractivity (Wildman–Crippen MR) is 32.3 cm³/mol. The average molecular weight is 128 g/mol. The molecule has 0 spiro atoms. The molecule has 1 radical (unpaired) electrons. The molecule has 9 heavy (non-hydrogen) atoms. The van der Waals surface area contributed by atoms with Gasteiger partial charge in [0.25, 0.3) is 0 Å². The zero-order valence-corrected chi connectivity index (χ0v) is 5.30. The minimum atomic E-state index is -0.241. The smallest absolute Gasteiger partial charge is 0.246 e. The van der Waals surface area contributed by atoms with Crippen molar-refractivity contribution in [3.05, 3.63) is 6.92 Å². The van der Waals surface area contributed by atoms with E-state index in [-0.39, 0.29) is 5.91 Å². The molecule has 0 aliphatic carbocycles. The summed E-state index contributed by atoms with van der Waals surface area (Å²) in [5.74, 6) is -0.241. The van der Waals surface area contributed by atoms with Crippen LogP contribution in [0.1, 0.15) is 12.8 Å². The second kappa shape index (κ2) is 2.82. The third-order valence-corrected chi connectivity index (χ3v) is 1.28. The van der Waals surface area contributed by atoms with Gasteiger partial charge in [-0.2, -0.15) is 0 Å². The minimum absolute atomic E-state index is 0.241. The van der Waals surface area contributed by atoms with Gasteiger partial charge in [0.15, 0.2) is 0 Å². The Labute approximate surface area is 54.5 Å². The molecular formula is C6H10NO2. The molecule has 1 aliphatic rings. The molecule has 0 atom stereocenters. The number of nitrogens with zero attached hydrogens (tertiary/aromatic N) is 1. The van der Waals surface area contributed by atoms with Gasteiger partial charge in [-0.3, -0.25) is 9.63 Å². The summed E-state index contributed by atoms with van der Waals surface area (Å²) in [5, 5.41) is 1.31. The highest BCUT2D eigenvalue weighted by atomic mass is 16.7. The van der Waals surface area contributed by atoms with E-state index in [1.807, 2.05) is 0 Å². The fourth-order valence-corrected chi connectivity index (χ4v) is 0.793. The maximum absolute atomic E-state index is 10.5. The number of hydrogen-bond donors (Lipinski definition) is 0. The molecule has 1 saturated heterocycles. The quantitative estimate of drug-likeness (QED) is 0.472. The van der Waals surface area contributed by atoms with E-state index in [4.69, 9.17) is 4.84 Å². The molecule has 0 aromatic rings. The summed E-state index contributed by atoms with van der Waals surface area (Å²) in [6, 6.07) is 0. The molecule has 3 heteroatoms. The Morgan fingerprint density at radius 1 is 1.56 bits per heavy atom. The highest BCUT2D eigenvalue weighted by Gasteiger charge is 2.12. The summed E-state index contributed by atoms with van der Waals surface area (Å²) >= 11 is 0. The second-order valence-electron chi connectivity index (χ2n) is 2.04. The van der Waals surface area contributed by atoms with Crippen molar-refractivity contribution in [2.45, 2.75) is 12.8 Å². The van der Waals surface area contributed by atoms with Crippen LogP contribution in [-0.2, 0) is 9.63 Å². The van der Waals surface area contributed by atoms with Crippen LogP contribution in [0.4, 0.5) is 0 Å².